The highest BCUT2D eigenvalue weighted by molar-refractivity contribution is 7.22. The van der Waals surface area contributed by atoms with Gasteiger partial charge in [-0.25, -0.2) is 24.2 Å². The summed E-state index contributed by atoms with van der Waals surface area (Å²) in [5.74, 6) is -2.39. The molecule has 0 fully saturated rings. The molecule has 0 aliphatic carbocycles. The number of unbranched alkanes of at least 4 members (excludes halogenated alkanes) is 3. The molecule has 57 heavy (non-hydrogen) atoms. The Hall–Kier alpha value is -6.60. The Morgan fingerprint density at radius 2 is 1.46 bits per heavy atom. The highest BCUT2D eigenvalue weighted by atomic mass is 32.1. The first-order valence-corrected chi connectivity index (χ1v) is 19.2. The summed E-state index contributed by atoms with van der Waals surface area (Å²) in [5, 5.41) is 4.85. The van der Waals surface area contributed by atoms with Crippen molar-refractivity contribution >= 4 is 56.8 Å². The number of ether oxygens (including phenoxy) is 5. The summed E-state index contributed by atoms with van der Waals surface area (Å²) >= 11 is 1.40. The summed E-state index contributed by atoms with van der Waals surface area (Å²) in [7, 11) is 0. The summed E-state index contributed by atoms with van der Waals surface area (Å²) in [6.07, 6.45) is 7.67. The molecule has 12 nitrogen and oxygen atoms in total. The molecule has 0 bridgehead atoms. The maximum Gasteiger partial charge on any atom is 0.343 e. The van der Waals surface area contributed by atoms with Crippen LogP contribution in [-0.2, 0) is 20.7 Å². The molecular formula is C44H43N3O9S. The van der Waals surface area contributed by atoms with Gasteiger partial charge in [-0.05, 0) is 99.2 Å². The molecule has 0 radical (unpaired) electrons. The molecule has 1 aromatic heterocycles. The number of rotatable bonds is 20. The normalized spacial score (nSPS) is 10.8. The smallest absolute Gasteiger partial charge is 0.343 e. The van der Waals surface area contributed by atoms with E-state index in [9.17, 15) is 19.2 Å². The molecule has 294 valence electrons. The molecule has 1 heterocycles. The van der Waals surface area contributed by atoms with Crippen LogP contribution in [0.2, 0.25) is 0 Å². The molecular weight excluding hydrogens is 747 g/mol. The Morgan fingerprint density at radius 1 is 0.807 bits per heavy atom. The number of hydrazone groups is 1. The largest absolute Gasteiger partial charge is 0.494 e. The summed E-state index contributed by atoms with van der Waals surface area (Å²) in [4.78, 5) is 55.2. The zero-order valence-corrected chi connectivity index (χ0v) is 32.6. The van der Waals surface area contributed by atoms with E-state index in [1.54, 1.807) is 36.4 Å². The van der Waals surface area contributed by atoms with Gasteiger partial charge in [0.2, 0.25) is 5.13 Å². The number of nitrogens with zero attached hydrogens (tertiary/aromatic N) is 2. The van der Waals surface area contributed by atoms with Crippen LogP contribution in [0.4, 0.5) is 5.13 Å². The summed E-state index contributed by atoms with van der Waals surface area (Å²) in [6, 6.07) is 23.8. The first kappa shape index (κ1) is 41.6. The summed E-state index contributed by atoms with van der Waals surface area (Å²) in [5.41, 5.74) is 5.58. The Balaban J connectivity index is 1.35. The van der Waals surface area contributed by atoms with Gasteiger partial charge < -0.3 is 23.7 Å². The van der Waals surface area contributed by atoms with Crippen LogP contribution >= 0.6 is 11.3 Å². The third-order valence-corrected chi connectivity index (χ3v) is 9.17. The number of anilines is 1. The number of carbonyl (C=O) groups is 4. The van der Waals surface area contributed by atoms with Gasteiger partial charge in [0.1, 0.15) is 11.5 Å². The number of esters is 4. The van der Waals surface area contributed by atoms with Crippen LogP contribution in [0.1, 0.15) is 77.8 Å². The van der Waals surface area contributed by atoms with Crippen molar-refractivity contribution in [2.75, 3.05) is 18.6 Å². The number of aromatic nitrogens is 1. The first-order chi connectivity index (χ1) is 27.6. The lowest BCUT2D eigenvalue weighted by Gasteiger charge is -2.15. The van der Waals surface area contributed by atoms with Gasteiger partial charge in [-0.3, -0.25) is 5.43 Å². The molecule has 5 rings (SSSR count). The maximum atomic E-state index is 13.5. The maximum absolute atomic E-state index is 13.5. The summed E-state index contributed by atoms with van der Waals surface area (Å²) in [6.45, 7) is 11.4. The fourth-order valence-electron chi connectivity index (χ4n) is 5.25. The Kier molecular flexibility index (Phi) is 15.2. The van der Waals surface area contributed by atoms with Crippen molar-refractivity contribution in [2.45, 2.75) is 52.4 Å². The van der Waals surface area contributed by atoms with Crippen LogP contribution in [0.15, 0.2) is 115 Å². The van der Waals surface area contributed by atoms with Crippen LogP contribution in [0.3, 0.4) is 0 Å². The van der Waals surface area contributed by atoms with Gasteiger partial charge in [-0.2, -0.15) is 5.10 Å². The average Bonchev–Trinajstić information content (AvgIpc) is 3.63. The standard InChI is InChI=1S/C44H43N3O9S/c1-5-13-30-16-18-31(19-17-30)43(51)56-37-26-33(28-45-47-44-46-35-14-9-10-15-39(35)57-44)36(27-38(37)55-41(49)29(3)4)54-42(50)32-20-22-34(23-21-32)52-24-11-7-8-12-25-53-40(48)6-2/h6,9-10,14-23,26-28H,2-3,5,7-8,11-13,24-25H2,1,4H3,(H,46,47)/b45-28+. The van der Waals surface area contributed by atoms with E-state index in [0.717, 1.165) is 60.4 Å². The van der Waals surface area contributed by atoms with E-state index in [2.05, 4.69) is 35.6 Å². The van der Waals surface area contributed by atoms with E-state index >= 15 is 0 Å². The van der Waals surface area contributed by atoms with E-state index in [-0.39, 0.29) is 39.5 Å². The third kappa shape index (κ3) is 12.5. The second kappa shape index (κ2) is 20.9. The molecule has 0 saturated carbocycles. The van der Waals surface area contributed by atoms with Gasteiger partial charge in [0.15, 0.2) is 11.5 Å². The monoisotopic (exact) mass is 789 g/mol. The highest BCUT2D eigenvalue weighted by Crippen LogP contribution is 2.36. The van der Waals surface area contributed by atoms with Crippen LogP contribution in [0, 0.1) is 0 Å². The third-order valence-electron chi connectivity index (χ3n) is 8.23. The molecule has 0 atom stereocenters. The van der Waals surface area contributed by atoms with Gasteiger partial charge in [0.25, 0.3) is 0 Å². The van der Waals surface area contributed by atoms with Crippen molar-refractivity contribution in [3.63, 3.8) is 0 Å². The lowest BCUT2D eigenvalue weighted by atomic mass is 10.1. The van der Waals surface area contributed by atoms with Gasteiger partial charge in [-0.15, -0.1) is 0 Å². The van der Waals surface area contributed by atoms with Crippen molar-refractivity contribution in [1.29, 1.82) is 0 Å². The topological polar surface area (TPSA) is 152 Å². The minimum atomic E-state index is -0.781. The van der Waals surface area contributed by atoms with E-state index in [4.69, 9.17) is 23.7 Å². The van der Waals surface area contributed by atoms with Crippen molar-refractivity contribution < 1.29 is 42.9 Å². The Bertz CT molecular complexity index is 2210. The molecule has 0 amide bonds. The molecule has 0 aliphatic rings. The number of carbonyl (C=O) groups excluding carboxylic acids is 4. The van der Waals surface area contributed by atoms with Crippen molar-refractivity contribution in [3.05, 3.63) is 132 Å². The number of thiazole rings is 1. The molecule has 0 unspecified atom stereocenters. The molecule has 4 aromatic carbocycles. The molecule has 0 aliphatic heterocycles. The second-order valence-electron chi connectivity index (χ2n) is 12.7. The molecule has 0 saturated heterocycles. The number of benzene rings is 4. The number of aryl methyl sites for hydroxylation is 1. The number of hydrogen-bond acceptors (Lipinski definition) is 13. The lowest BCUT2D eigenvalue weighted by molar-refractivity contribution is -0.137. The quantitative estimate of drug-likeness (QED) is 0.0201. The zero-order valence-electron chi connectivity index (χ0n) is 31.8. The molecule has 5 aromatic rings. The van der Waals surface area contributed by atoms with Crippen LogP contribution in [-0.4, -0.2) is 48.3 Å². The predicted octanol–water partition coefficient (Wildman–Crippen LogP) is 9.28. The lowest BCUT2D eigenvalue weighted by Crippen LogP contribution is -2.15. The molecule has 13 heteroatoms. The van der Waals surface area contributed by atoms with Gasteiger partial charge in [-0.1, -0.05) is 62.1 Å². The van der Waals surface area contributed by atoms with E-state index < -0.39 is 23.9 Å². The minimum Gasteiger partial charge on any atom is -0.494 e. The predicted molar refractivity (Wildman–Crippen MR) is 220 cm³/mol. The zero-order chi connectivity index (χ0) is 40.6. The van der Waals surface area contributed by atoms with Crippen LogP contribution in [0.5, 0.6) is 23.0 Å². The van der Waals surface area contributed by atoms with Crippen molar-refractivity contribution in [1.82, 2.24) is 4.98 Å². The Morgan fingerprint density at radius 3 is 2.12 bits per heavy atom. The second-order valence-corrected chi connectivity index (χ2v) is 13.8. The fraction of sp³-hybridized carbons (Fsp3) is 0.227. The van der Waals surface area contributed by atoms with Gasteiger partial charge >= 0.3 is 23.9 Å². The number of para-hydroxylation sites is 1. The number of nitrogens with one attached hydrogen (secondary N) is 1. The number of hydrogen-bond donors (Lipinski definition) is 1. The minimum absolute atomic E-state index is 0.0392. The summed E-state index contributed by atoms with van der Waals surface area (Å²) < 4.78 is 29.0. The van der Waals surface area contributed by atoms with Crippen molar-refractivity contribution in [2.24, 2.45) is 5.10 Å². The van der Waals surface area contributed by atoms with Crippen LogP contribution < -0.4 is 24.4 Å². The average molecular weight is 790 g/mol. The van der Waals surface area contributed by atoms with Gasteiger partial charge in [0, 0.05) is 23.3 Å². The Labute approximate surface area is 334 Å². The first-order valence-electron chi connectivity index (χ1n) is 18.4. The highest BCUT2D eigenvalue weighted by Gasteiger charge is 2.22. The molecule has 0 spiro atoms. The van der Waals surface area contributed by atoms with E-state index in [1.807, 2.05) is 36.4 Å². The van der Waals surface area contributed by atoms with Crippen LogP contribution in [0.25, 0.3) is 10.2 Å². The van der Waals surface area contributed by atoms with E-state index in [0.29, 0.717) is 24.1 Å². The molecule has 1 N–H and O–H groups in total. The van der Waals surface area contributed by atoms with Crippen molar-refractivity contribution in [3.8, 4) is 23.0 Å². The SMILES string of the molecule is C=CC(=O)OCCCCCCOc1ccc(C(=O)Oc2cc(OC(=O)C(=C)C)c(OC(=O)c3ccc(CCC)cc3)cc2/C=N/Nc2nc3ccccc3s2)cc1. The fourth-order valence-corrected chi connectivity index (χ4v) is 6.07. The number of fused-ring (bicyclic) bond motifs is 1. The van der Waals surface area contributed by atoms with Gasteiger partial charge in [0.05, 0.1) is 40.8 Å². The van der Waals surface area contributed by atoms with E-state index in [1.165, 1.54) is 36.6 Å².